The second-order valence-electron chi connectivity index (χ2n) is 5.23. The number of nitrogens with one attached hydrogen (secondary N) is 1. The summed E-state index contributed by atoms with van der Waals surface area (Å²) in [6.45, 7) is 2.54. The van der Waals surface area contributed by atoms with Gasteiger partial charge >= 0.3 is 0 Å². The first-order valence-electron chi connectivity index (χ1n) is 7.03. The third-order valence-electron chi connectivity index (χ3n) is 3.64. The fourth-order valence-electron chi connectivity index (χ4n) is 2.51. The van der Waals surface area contributed by atoms with Crippen LogP contribution in [0.25, 0.3) is 0 Å². The molecule has 1 N–H and O–H groups in total. The van der Waals surface area contributed by atoms with Crippen molar-refractivity contribution in [3.05, 3.63) is 29.8 Å². The molecule has 3 unspecified atom stereocenters. The number of thioether (sulfide) groups is 1. The van der Waals surface area contributed by atoms with Crippen LogP contribution in [-0.2, 0) is 15.6 Å². The summed E-state index contributed by atoms with van der Waals surface area (Å²) in [5.41, 5.74) is 1.10. The molecule has 3 atom stereocenters. The van der Waals surface area contributed by atoms with E-state index in [2.05, 4.69) is 29.6 Å². The lowest BCUT2D eigenvalue weighted by atomic mass is 10.1. The summed E-state index contributed by atoms with van der Waals surface area (Å²) in [6.07, 6.45) is 4.44. The van der Waals surface area contributed by atoms with Gasteiger partial charge in [0.1, 0.15) is 6.17 Å². The predicted octanol–water partition coefficient (Wildman–Crippen LogP) is 2.00. The van der Waals surface area contributed by atoms with E-state index in [0.29, 0.717) is 12.3 Å². The topological polar surface area (TPSA) is 49.4 Å². The summed E-state index contributed by atoms with van der Waals surface area (Å²) < 4.78 is 11.2. The quantitative estimate of drug-likeness (QED) is 0.812. The molecular formula is C15H22N2O2S2. The van der Waals surface area contributed by atoms with Crippen molar-refractivity contribution in [2.24, 2.45) is 0 Å². The average Bonchev–Trinajstić information content (AvgIpc) is 2.75. The molecule has 1 aliphatic rings. The highest BCUT2D eigenvalue weighted by molar-refractivity contribution is 7.98. The van der Waals surface area contributed by atoms with Gasteiger partial charge in [-0.2, -0.15) is 0 Å². The molecule has 1 aromatic carbocycles. The van der Waals surface area contributed by atoms with E-state index in [1.165, 1.54) is 4.90 Å². The Morgan fingerprint density at radius 3 is 2.57 bits per heavy atom. The van der Waals surface area contributed by atoms with E-state index in [0.717, 1.165) is 12.0 Å². The number of hydrogen-bond acceptors (Lipinski definition) is 4. The number of benzene rings is 1. The van der Waals surface area contributed by atoms with Gasteiger partial charge < -0.3 is 4.90 Å². The SMILES string of the molecule is CSc1ccc(C2NC(C)C(=O)N2CCCS(C)=O)cc1. The van der Waals surface area contributed by atoms with E-state index < -0.39 is 10.8 Å². The number of rotatable bonds is 6. The molecule has 21 heavy (non-hydrogen) atoms. The second-order valence-corrected chi connectivity index (χ2v) is 7.66. The fourth-order valence-corrected chi connectivity index (χ4v) is 3.46. The lowest BCUT2D eigenvalue weighted by Gasteiger charge is -2.24. The third kappa shape index (κ3) is 4.08. The Morgan fingerprint density at radius 1 is 1.33 bits per heavy atom. The molecule has 4 nitrogen and oxygen atoms in total. The van der Waals surface area contributed by atoms with E-state index in [1.54, 1.807) is 18.0 Å². The van der Waals surface area contributed by atoms with Crippen molar-refractivity contribution in [1.82, 2.24) is 10.2 Å². The Bertz CT molecular complexity index is 519. The van der Waals surface area contributed by atoms with E-state index >= 15 is 0 Å². The largest absolute Gasteiger partial charge is 0.322 e. The third-order valence-corrected chi connectivity index (χ3v) is 5.24. The van der Waals surface area contributed by atoms with Gasteiger partial charge in [-0.3, -0.25) is 14.3 Å². The first kappa shape index (κ1) is 16.5. The van der Waals surface area contributed by atoms with Crippen LogP contribution in [0.1, 0.15) is 25.1 Å². The number of amides is 1. The van der Waals surface area contributed by atoms with Crippen LogP contribution in [-0.4, -0.2) is 45.9 Å². The van der Waals surface area contributed by atoms with Crippen LogP contribution in [0.3, 0.4) is 0 Å². The Labute approximate surface area is 133 Å². The molecule has 0 saturated carbocycles. The normalized spacial score (nSPS) is 23.6. The van der Waals surface area contributed by atoms with Gasteiger partial charge in [0, 0.05) is 34.2 Å². The standard InChI is InChI=1S/C15H22N2O2S2/c1-11-15(18)17(9-4-10-21(3)19)14(16-11)12-5-7-13(20-2)8-6-12/h5-8,11,14,16H,4,9-10H2,1-3H3. The molecule has 0 aromatic heterocycles. The van der Waals surface area contributed by atoms with Crippen molar-refractivity contribution >= 4 is 28.5 Å². The molecule has 6 heteroatoms. The molecule has 1 aliphatic heterocycles. The maximum Gasteiger partial charge on any atom is 0.241 e. The summed E-state index contributed by atoms with van der Waals surface area (Å²) in [6, 6.07) is 8.13. The van der Waals surface area contributed by atoms with E-state index in [1.807, 2.05) is 18.1 Å². The molecule has 0 aliphatic carbocycles. The van der Waals surface area contributed by atoms with Gasteiger partial charge in [0.15, 0.2) is 0 Å². The van der Waals surface area contributed by atoms with Crippen molar-refractivity contribution in [3.63, 3.8) is 0 Å². The van der Waals surface area contributed by atoms with Crippen LogP contribution in [0.2, 0.25) is 0 Å². The highest BCUT2D eigenvalue weighted by Gasteiger charge is 2.36. The number of nitrogens with zero attached hydrogens (tertiary/aromatic N) is 1. The maximum absolute atomic E-state index is 12.3. The summed E-state index contributed by atoms with van der Waals surface area (Å²) in [5.74, 6) is 0.756. The Kier molecular flexibility index (Phi) is 5.84. The molecule has 1 heterocycles. The van der Waals surface area contributed by atoms with Crippen molar-refractivity contribution in [3.8, 4) is 0 Å². The van der Waals surface area contributed by atoms with Gasteiger partial charge in [-0.15, -0.1) is 11.8 Å². The molecule has 116 valence electrons. The molecule has 1 saturated heterocycles. The smallest absolute Gasteiger partial charge is 0.241 e. The monoisotopic (exact) mass is 326 g/mol. The van der Waals surface area contributed by atoms with E-state index in [-0.39, 0.29) is 18.1 Å². The second kappa shape index (κ2) is 7.42. The lowest BCUT2D eigenvalue weighted by molar-refractivity contribution is -0.129. The van der Waals surface area contributed by atoms with Crippen molar-refractivity contribution in [1.29, 1.82) is 0 Å². The zero-order valence-electron chi connectivity index (χ0n) is 12.7. The zero-order valence-corrected chi connectivity index (χ0v) is 14.3. The molecule has 0 spiro atoms. The molecule has 2 rings (SSSR count). The highest BCUT2D eigenvalue weighted by atomic mass is 32.2. The van der Waals surface area contributed by atoms with Crippen molar-refractivity contribution in [2.75, 3.05) is 24.8 Å². The molecule has 0 radical (unpaired) electrons. The molecule has 1 aromatic rings. The van der Waals surface area contributed by atoms with Crippen molar-refractivity contribution < 1.29 is 9.00 Å². The molecular weight excluding hydrogens is 304 g/mol. The zero-order chi connectivity index (χ0) is 15.4. The van der Waals surface area contributed by atoms with Gasteiger partial charge in [-0.25, -0.2) is 0 Å². The average molecular weight is 326 g/mol. The molecule has 0 bridgehead atoms. The van der Waals surface area contributed by atoms with Crippen LogP contribution in [0.15, 0.2) is 29.2 Å². The van der Waals surface area contributed by atoms with Crippen LogP contribution in [0.5, 0.6) is 0 Å². The summed E-state index contributed by atoms with van der Waals surface area (Å²) in [5, 5.41) is 3.34. The fraction of sp³-hybridized carbons (Fsp3) is 0.533. The van der Waals surface area contributed by atoms with Gasteiger partial charge in [-0.05, 0) is 37.3 Å². The summed E-state index contributed by atoms with van der Waals surface area (Å²) in [7, 11) is -0.807. The van der Waals surface area contributed by atoms with Crippen LogP contribution >= 0.6 is 11.8 Å². The summed E-state index contributed by atoms with van der Waals surface area (Å²) in [4.78, 5) is 15.4. The highest BCUT2D eigenvalue weighted by Crippen LogP contribution is 2.27. The minimum absolute atomic E-state index is 0.0753. The van der Waals surface area contributed by atoms with E-state index in [9.17, 15) is 9.00 Å². The van der Waals surface area contributed by atoms with Gasteiger partial charge in [0.25, 0.3) is 0 Å². The number of carbonyl (C=O) groups is 1. The van der Waals surface area contributed by atoms with Gasteiger partial charge in [0.2, 0.25) is 5.91 Å². The Morgan fingerprint density at radius 2 is 2.00 bits per heavy atom. The maximum atomic E-state index is 12.3. The lowest BCUT2D eigenvalue weighted by Crippen LogP contribution is -2.32. The van der Waals surface area contributed by atoms with Gasteiger partial charge in [-0.1, -0.05) is 12.1 Å². The Balaban J connectivity index is 2.10. The number of hydrogen-bond donors (Lipinski definition) is 1. The minimum atomic E-state index is -0.807. The van der Waals surface area contributed by atoms with E-state index in [4.69, 9.17) is 0 Å². The molecule has 1 fully saturated rings. The first-order valence-corrected chi connectivity index (χ1v) is 9.98. The Hall–Kier alpha value is -0.850. The van der Waals surface area contributed by atoms with Gasteiger partial charge in [0.05, 0.1) is 6.04 Å². The first-order chi connectivity index (χ1) is 10.0. The van der Waals surface area contributed by atoms with Crippen LogP contribution in [0, 0.1) is 0 Å². The van der Waals surface area contributed by atoms with Crippen molar-refractivity contribution in [2.45, 2.75) is 30.4 Å². The predicted molar refractivity (Wildman–Crippen MR) is 88.8 cm³/mol. The summed E-state index contributed by atoms with van der Waals surface area (Å²) >= 11 is 1.70. The van der Waals surface area contributed by atoms with Crippen LogP contribution < -0.4 is 5.32 Å². The number of carbonyl (C=O) groups excluding carboxylic acids is 1. The minimum Gasteiger partial charge on any atom is -0.322 e. The molecule has 1 amide bonds. The van der Waals surface area contributed by atoms with Crippen LogP contribution in [0.4, 0.5) is 0 Å².